The summed E-state index contributed by atoms with van der Waals surface area (Å²) in [7, 11) is 0. The van der Waals surface area contributed by atoms with Crippen LogP contribution >= 0.6 is 0 Å². The number of hydrogen-bond donors (Lipinski definition) is 0. The van der Waals surface area contributed by atoms with Crippen LogP contribution in [0.15, 0.2) is 24.3 Å². The summed E-state index contributed by atoms with van der Waals surface area (Å²) in [5.74, 6) is 4.43. The average molecular weight is 124 g/mol. The van der Waals surface area contributed by atoms with E-state index >= 15 is 0 Å². The molecule has 0 aromatic heterocycles. The van der Waals surface area contributed by atoms with Crippen molar-refractivity contribution in [2.24, 2.45) is 0 Å². The zero-order chi connectivity index (χ0) is 7.40. The van der Waals surface area contributed by atoms with E-state index in [2.05, 4.69) is 11.8 Å². The molecular formula is C10H4-2. The predicted molar refractivity (Wildman–Crippen MR) is 38.9 cm³/mol. The topological polar surface area (TPSA) is 0 Å². The van der Waals surface area contributed by atoms with Crippen molar-refractivity contribution in [1.29, 1.82) is 0 Å². The van der Waals surface area contributed by atoms with Crippen LogP contribution in [0.4, 0.5) is 0 Å². The number of benzene rings is 1. The second-order valence-corrected chi connectivity index (χ2v) is 1.80. The van der Waals surface area contributed by atoms with Crippen molar-refractivity contribution in [3.8, 4) is 11.8 Å². The van der Waals surface area contributed by atoms with Gasteiger partial charge in [-0.2, -0.15) is 11.1 Å². The van der Waals surface area contributed by atoms with Gasteiger partial charge in [0.05, 0.1) is 0 Å². The Morgan fingerprint density at radius 2 is 1.30 bits per heavy atom. The van der Waals surface area contributed by atoms with E-state index in [1.165, 1.54) is 0 Å². The second-order valence-electron chi connectivity index (χ2n) is 1.80. The van der Waals surface area contributed by atoms with E-state index in [-0.39, 0.29) is 0 Å². The molecule has 0 heteroatoms. The van der Waals surface area contributed by atoms with Crippen LogP contribution in [-0.4, -0.2) is 0 Å². The highest BCUT2D eigenvalue weighted by molar-refractivity contribution is 5.46. The number of rotatable bonds is 0. The van der Waals surface area contributed by atoms with Crippen LogP contribution in [0.1, 0.15) is 11.1 Å². The fourth-order valence-electron chi connectivity index (χ4n) is 0.701. The zero-order valence-corrected chi connectivity index (χ0v) is 5.31. The van der Waals surface area contributed by atoms with Gasteiger partial charge in [-0.25, -0.2) is 0 Å². The van der Waals surface area contributed by atoms with Crippen molar-refractivity contribution >= 4 is 0 Å². The normalized spacial score (nSPS) is 7.80. The molecule has 1 aromatic rings. The summed E-state index contributed by atoms with van der Waals surface area (Å²) in [6.07, 6.45) is 13.6. The minimum Gasteiger partial charge on any atom is -0.367 e. The van der Waals surface area contributed by atoms with E-state index in [1.54, 1.807) is 24.3 Å². The molecule has 0 N–H and O–H groups in total. The highest BCUT2D eigenvalue weighted by atomic mass is 13.9. The zero-order valence-electron chi connectivity index (χ0n) is 5.31. The van der Waals surface area contributed by atoms with Crippen molar-refractivity contribution in [1.82, 2.24) is 0 Å². The Kier molecular flexibility index (Phi) is 1.78. The van der Waals surface area contributed by atoms with Gasteiger partial charge >= 0.3 is 0 Å². The van der Waals surface area contributed by atoms with E-state index in [0.717, 1.165) is 0 Å². The maximum absolute atomic E-state index is 6.81. The van der Waals surface area contributed by atoms with Crippen molar-refractivity contribution in [2.45, 2.75) is 0 Å². The molecule has 0 saturated heterocycles. The quantitative estimate of drug-likeness (QED) is 0.363. The summed E-state index contributed by atoms with van der Waals surface area (Å²) in [6.45, 7) is 0. The Morgan fingerprint density at radius 3 is 1.60 bits per heavy atom. The minimum atomic E-state index is 0.609. The lowest BCUT2D eigenvalue weighted by atomic mass is 10.1. The summed E-state index contributed by atoms with van der Waals surface area (Å²) in [5, 5.41) is 0. The molecule has 0 spiro atoms. The minimum absolute atomic E-state index is 0.609. The van der Waals surface area contributed by atoms with E-state index in [0.29, 0.717) is 11.1 Å². The Balaban J connectivity index is 3.28. The first-order chi connectivity index (χ1) is 4.88. The second kappa shape index (κ2) is 2.76. The van der Waals surface area contributed by atoms with Gasteiger partial charge in [0.2, 0.25) is 0 Å². The molecule has 0 unspecified atom stereocenters. The summed E-state index contributed by atoms with van der Waals surface area (Å²) in [4.78, 5) is 0. The van der Waals surface area contributed by atoms with Crippen LogP contribution < -0.4 is 0 Å². The lowest BCUT2D eigenvalue weighted by molar-refractivity contribution is 1.59. The van der Waals surface area contributed by atoms with Crippen molar-refractivity contribution in [3.05, 3.63) is 48.2 Å². The lowest BCUT2D eigenvalue weighted by Gasteiger charge is -2.11. The molecule has 0 radical (unpaired) electrons. The highest BCUT2D eigenvalue weighted by Gasteiger charge is 1.72. The highest BCUT2D eigenvalue weighted by Crippen LogP contribution is 2.03. The smallest absolute Gasteiger partial charge is 0.0818 e. The van der Waals surface area contributed by atoms with Crippen molar-refractivity contribution in [3.63, 3.8) is 0 Å². The monoisotopic (exact) mass is 124 g/mol. The van der Waals surface area contributed by atoms with Gasteiger partial charge in [-0.15, -0.1) is 12.1 Å². The maximum atomic E-state index is 6.81. The molecular weight excluding hydrogens is 120 g/mol. The molecule has 0 aliphatic heterocycles. The van der Waals surface area contributed by atoms with Crippen LogP contribution in [-0.2, 0) is 0 Å². The fourth-order valence-corrected chi connectivity index (χ4v) is 0.701. The van der Waals surface area contributed by atoms with Gasteiger partial charge in [0, 0.05) is 0 Å². The SMILES string of the molecule is [C-]#Cc1ccccc1C#[C-]. The summed E-state index contributed by atoms with van der Waals surface area (Å²) < 4.78 is 0. The van der Waals surface area contributed by atoms with Crippen LogP contribution in [0.3, 0.4) is 0 Å². The molecule has 1 rings (SSSR count). The average Bonchev–Trinajstić information content (AvgIpc) is 2.04. The Morgan fingerprint density at radius 1 is 0.900 bits per heavy atom. The van der Waals surface area contributed by atoms with Crippen LogP contribution in [0.25, 0.3) is 0 Å². The van der Waals surface area contributed by atoms with Gasteiger partial charge in [-0.05, 0) is 0 Å². The fraction of sp³-hybridized carbons (Fsp3) is 0. The Labute approximate surface area is 60.9 Å². The molecule has 0 aliphatic rings. The van der Waals surface area contributed by atoms with Crippen molar-refractivity contribution < 1.29 is 0 Å². The third kappa shape index (κ3) is 1.02. The standard InChI is InChI=1S/C10H4/c1-3-9-7-5-6-8-10(9)4-2/h5-8H/q-2. The molecule has 0 aliphatic carbocycles. The van der Waals surface area contributed by atoms with E-state index in [4.69, 9.17) is 12.8 Å². The molecule has 1 aromatic carbocycles. The Bertz CT molecular complexity index is 275. The molecule has 46 valence electrons. The first-order valence-electron chi connectivity index (χ1n) is 2.83. The van der Waals surface area contributed by atoms with Gasteiger partial charge in [-0.1, -0.05) is 12.1 Å². The maximum Gasteiger partial charge on any atom is -0.0818 e. The molecule has 0 amide bonds. The van der Waals surface area contributed by atoms with Gasteiger partial charge in [-0.3, -0.25) is 0 Å². The molecule has 0 heterocycles. The number of hydrogen-bond acceptors (Lipinski definition) is 0. The largest absolute Gasteiger partial charge is 0.367 e. The third-order valence-corrected chi connectivity index (χ3v) is 1.20. The van der Waals surface area contributed by atoms with Gasteiger partial charge in [0.25, 0.3) is 0 Å². The van der Waals surface area contributed by atoms with E-state index in [1.807, 2.05) is 0 Å². The summed E-state index contributed by atoms with van der Waals surface area (Å²) >= 11 is 0. The van der Waals surface area contributed by atoms with Crippen LogP contribution in [0, 0.1) is 24.7 Å². The molecule has 0 bridgehead atoms. The summed E-state index contributed by atoms with van der Waals surface area (Å²) in [6, 6.07) is 7.06. The summed E-state index contributed by atoms with van der Waals surface area (Å²) in [5.41, 5.74) is 1.22. The third-order valence-electron chi connectivity index (χ3n) is 1.20. The predicted octanol–water partition coefficient (Wildman–Crippen LogP) is 1.56. The van der Waals surface area contributed by atoms with Crippen LogP contribution in [0.5, 0.6) is 0 Å². The first-order valence-corrected chi connectivity index (χ1v) is 2.83. The molecule has 10 heavy (non-hydrogen) atoms. The van der Waals surface area contributed by atoms with E-state index in [9.17, 15) is 0 Å². The lowest BCUT2D eigenvalue weighted by Crippen LogP contribution is -1.79. The van der Waals surface area contributed by atoms with Gasteiger partial charge in [0.1, 0.15) is 0 Å². The van der Waals surface area contributed by atoms with E-state index < -0.39 is 0 Å². The molecule has 0 atom stereocenters. The van der Waals surface area contributed by atoms with Gasteiger partial charge in [0.15, 0.2) is 0 Å². The first kappa shape index (κ1) is 6.46. The molecule has 0 nitrogen and oxygen atoms in total. The van der Waals surface area contributed by atoms with Crippen molar-refractivity contribution in [2.75, 3.05) is 0 Å². The Hall–Kier alpha value is -1.66. The van der Waals surface area contributed by atoms with Crippen LogP contribution in [0.2, 0.25) is 0 Å². The van der Waals surface area contributed by atoms with Gasteiger partial charge < -0.3 is 24.7 Å². The molecule has 0 fully saturated rings. The molecule has 0 saturated carbocycles.